The highest BCUT2D eigenvalue weighted by Gasteiger charge is 2.42. The first-order chi connectivity index (χ1) is 18.2. The van der Waals surface area contributed by atoms with Crippen LogP contribution in [0.4, 0.5) is 0 Å². The van der Waals surface area contributed by atoms with Gasteiger partial charge in [-0.1, -0.05) is 93.6 Å². The van der Waals surface area contributed by atoms with E-state index < -0.39 is 8.32 Å². The standard InChI is InChI=1S/C34H42N2OSi/c1-34(2,3)38(4,5)37-33-25-36(24-27-11-7-6-8-12-27)20-19-30(33)21-26-15-17-28(18-16-26)31-22-29-13-9-10-14-32(29)35-23-31/h6-18,22-23,30,33H,19-21,24-25H2,1-5H3. The van der Waals surface area contributed by atoms with E-state index in [1.54, 1.807) is 0 Å². The van der Waals surface area contributed by atoms with Gasteiger partial charge in [-0.05, 0) is 72.3 Å². The van der Waals surface area contributed by atoms with Crippen molar-refractivity contribution < 1.29 is 4.43 Å². The maximum Gasteiger partial charge on any atom is 0.192 e. The average molecular weight is 523 g/mol. The van der Waals surface area contributed by atoms with Crippen molar-refractivity contribution in [1.29, 1.82) is 0 Å². The molecule has 0 N–H and O–H groups in total. The maximum absolute atomic E-state index is 7.12. The van der Waals surface area contributed by atoms with Crippen molar-refractivity contribution in [2.24, 2.45) is 5.92 Å². The number of hydrogen-bond donors (Lipinski definition) is 0. The highest BCUT2D eigenvalue weighted by atomic mass is 28.4. The second-order valence-electron chi connectivity index (χ2n) is 12.5. The summed E-state index contributed by atoms with van der Waals surface area (Å²) in [4.78, 5) is 7.25. The molecular formula is C34H42N2OSi. The first-order valence-corrected chi connectivity index (χ1v) is 17.0. The largest absolute Gasteiger partial charge is 0.412 e. The molecule has 1 aliphatic heterocycles. The molecule has 2 unspecified atom stereocenters. The summed E-state index contributed by atoms with van der Waals surface area (Å²) < 4.78 is 7.12. The first kappa shape index (κ1) is 26.8. The summed E-state index contributed by atoms with van der Waals surface area (Å²) in [5, 5.41) is 1.39. The quantitative estimate of drug-likeness (QED) is 0.228. The lowest BCUT2D eigenvalue weighted by molar-refractivity contribution is 0.0268. The molecule has 2 atom stereocenters. The first-order valence-electron chi connectivity index (χ1n) is 14.1. The van der Waals surface area contributed by atoms with E-state index in [0.29, 0.717) is 5.92 Å². The summed E-state index contributed by atoms with van der Waals surface area (Å²) in [5.74, 6) is 0.532. The van der Waals surface area contributed by atoms with Crippen LogP contribution in [0.1, 0.15) is 38.3 Å². The zero-order chi connectivity index (χ0) is 26.8. The maximum atomic E-state index is 7.12. The lowest BCUT2D eigenvalue weighted by Gasteiger charge is -2.45. The van der Waals surface area contributed by atoms with E-state index in [-0.39, 0.29) is 11.1 Å². The molecule has 1 aromatic heterocycles. The third-order valence-electron chi connectivity index (χ3n) is 8.66. The molecule has 3 nitrogen and oxygen atoms in total. The molecule has 0 amide bonds. The van der Waals surface area contributed by atoms with Crippen molar-refractivity contribution in [2.75, 3.05) is 13.1 Å². The minimum atomic E-state index is -1.88. The van der Waals surface area contributed by atoms with E-state index >= 15 is 0 Å². The molecule has 2 heterocycles. The molecule has 4 heteroatoms. The Labute approximate surface area is 230 Å². The molecule has 0 bridgehead atoms. The average Bonchev–Trinajstić information content (AvgIpc) is 2.90. The van der Waals surface area contributed by atoms with Crippen LogP contribution in [0, 0.1) is 5.92 Å². The van der Waals surface area contributed by atoms with Crippen LogP contribution in [-0.4, -0.2) is 37.4 Å². The number of likely N-dealkylation sites (tertiary alicyclic amines) is 1. The Kier molecular flexibility index (Phi) is 7.85. The summed E-state index contributed by atoms with van der Waals surface area (Å²) in [6.07, 6.45) is 4.48. The number of nitrogens with zero attached hydrogens (tertiary/aromatic N) is 2. The summed E-state index contributed by atoms with van der Waals surface area (Å²) in [6, 6.07) is 30.5. The molecule has 0 saturated carbocycles. The number of benzene rings is 3. The van der Waals surface area contributed by atoms with Crippen molar-refractivity contribution in [3.05, 3.63) is 102 Å². The molecule has 0 radical (unpaired) electrons. The van der Waals surface area contributed by atoms with Gasteiger partial charge in [0, 0.05) is 30.2 Å². The van der Waals surface area contributed by atoms with E-state index in [4.69, 9.17) is 4.43 Å². The van der Waals surface area contributed by atoms with Gasteiger partial charge >= 0.3 is 0 Å². The number of pyridine rings is 1. The van der Waals surface area contributed by atoms with E-state index in [0.717, 1.165) is 31.6 Å². The Hall–Kier alpha value is -2.79. The molecule has 0 aliphatic carbocycles. The van der Waals surface area contributed by atoms with Crippen LogP contribution in [0.25, 0.3) is 22.0 Å². The molecule has 1 aliphatic rings. The lowest BCUT2D eigenvalue weighted by atomic mass is 9.87. The predicted octanol–water partition coefficient (Wildman–Crippen LogP) is 8.36. The summed E-state index contributed by atoms with van der Waals surface area (Å²) in [7, 11) is -1.88. The van der Waals surface area contributed by atoms with E-state index in [1.807, 2.05) is 12.3 Å². The van der Waals surface area contributed by atoms with Crippen LogP contribution in [0.2, 0.25) is 18.1 Å². The van der Waals surface area contributed by atoms with Crippen LogP contribution < -0.4 is 0 Å². The fourth-order valence-corrected chi connectivity index (χ4v) is 6.68. The highest BCUT2D eigenvalue weighted by molar-refractivity contribution is 6.74. The summed E-state index contributed by atoms with van der Waals surface area (Å²) >= 11 is 0. The third kappa shape index (κ3) is 6.26. The molecule has 38 heavy (non-hydrogen) atoms. The van der Waals surface area contributed by atoms with Crippen molar-refractivity contribution in [1.82, 2.24) is 9.88 Å². The van der Waals surface area contributed by atoms with Gasteiger partial charge in [0.1, 0.15) is 0 Å². The van der Waals surface area contributed by atoms with Gasteiger partial charge in [0.05, 0.1) is 11.6 Å². The molecule has 1 fully saturated rings. The van der Waals surface area contributed by atoms with E-state index in [1.165, 1.54) is 34.1 Å². The highest BCUT2D eigenvalue weighted by Crippen LogP contribution is 2.39. The van der Waals surface area contributed by atoms with Gasteiger partial charge in [-0.15, -0.1) is 0 Å². The second kappa shape index (κ2) is 11.1. The smallest absolute Gasteiger partial charge is 0.192 e. The van der Waals surface area contributed by atoms with Crippen molar-refractivity contribution in [2.45, 2.75) is 64.4 Å². The zero-order valence-electron chi connectivity index (χ0n) is 23.7. The molecule has 0 spiro atoms. The Balaban J connectivity index is 1.31. The van der Waals surface area contributed by atoms with Gasteiger partial charge in [0.2, 0.25) is 0 Å². The van der Waals surface area contributed by atoms with E-state index in [2.05, 4.69) is 123 Å². The number of piperidine rings is 1. The molecule has 1 saturated heterocycles. The topological polar surface area (TPSA) is 25.4 Å². The van der Waals surface area contributed by atoms with Gasteiger partial charge in [0.15, 0.2) is 8.32 Å². The molecule has 5 rings (SSSR count). The number of rotatable bonds is 7. The Bertz CT molecular complexity index is 1340. The van der Waals surface area contributed by atoms with Gasteiger partial charge in [0.25, 0.3) is 0 Å². The Morgan fingerprint density at radius 3 is 2.32 bits per heavy atom. The van der Waals surface area contributed by atoms with Crippen molar-refractivity contribution >= 4 is 19.2 Å². The lowest BCUT2D eigenvalue weighted by Crippen LogP contribution is -2.52. The van der Waals surface area contributed by atoms with Gasteiger partial charge in [-0.2, -0.15) is 0 Å². The van der Waals surface area contributed by atoms with E-state index in [9.17, 15) is 0 Å². The fraction of sp³-hybridized carbons (Fsp3) is 0.382. The summed E-state index contributed by atoms with van der Waals surface area (Å²) in [6.45, 7) is 15.0. The minimum Gasteiger partial charge on any atom is -0.412 e. The molecule has 4 aromatic rings. The number of fused-ring (bicyclic) bond motifs is 1. The Morgan fingerprint density at radius 2 is 1.58 bits per heavy atom. The Morgan fingerprint density at radius 1 is 0.868 bits per heavy atom. The number of aromatic nitrogens is 1. The van der Waals surface area contributed by atoms with Crippen LogP contribution in [-0.2, 0) is 17.4 Å². The minimum absolute atomic E-state index is 0.203. The zero-order valence-corrected chi connectivity index (χ0v) is 24.7. The second-order valence-corrected chi connectivity index (χ2v) is 17.3. The normalized spacial score (nSPS) is 19.1. The van der Waals surface area contributed by atoms with Gasteiger partial charge in [-0.3, -0.25) is 9.88 Å². The monoisotopic (exact) mass is 522 g/mol. The van der Waals surface area contributed by atoms with Crippen LogP contribution >= 0.6 is 0 Å². The molecule has 3 aromatic carbocycles. The van der Waals surface area contributed by atoms with Crippen molar-refractivity contribution in [3.8, 4) is 11.1 Å². The number of para-hydroxylation sites is 1. The molecule has 198 valence electrons. The summed E-state index contributed by atoms with van der Waals surface area (Å²) in [5.41, 5.74) is 6.21. The van der Waals surface area contributed by atoms with Gasteiger partial charge < -0.3 is 4.43 Å². The van der Waals surface area contributed by atoms with Gasteiger partial charge in [-0.25, -0.2) is 0 Å². The van der Waals surface area contributed by atoms with Crippen LogP contribution in [0.15, 0.2) is 91.1 Å². The third-order valence-corrected chi connectivity index (χ3v) is 13.2. The fourth-order valence-electron chi connectivity index (χ4n) is 5.30. The molecular weight excluding hydrogens is 480 g/mol. The number of hydrogen-bond acceptors (Lipinski definition) is 3. The van der Waals surface area contributed by atoms with Crippen LogP contribution in [0.5, 0.6) is 0 Å². The van der Waals surface area contributed by atoms with Crippen molar-refractivity contribution in [3.63, 3.8) is 0 Å². The SMILES string of the molecule is CC(C)(C)[Si](C)(C)OC1CN(Cc2ccccc2)CCC1Cc1ccc(-c2cnc3ccccc3c2)cc1. The van der Waals surface area contributed by atoms with Crippen LogP contribution in [0.3, 0.4) is 0 Å². The predicted molar refractivity (Wildman–Crippen MR) is 163 cm³/mol.